The van der Waals surface area contributed by atoms with Crippen molar-refractivity contribution in [3.63, 3.8) is 0 Å². The van der Waals surface area contributed by atoms with E-state index in [1.807, 2.05) is 0 Å². The van der Waals surface area contributed by atoms with Crippen molar-refractivity contribution in [2.75, 3.05) is 72.0 Å². The van der Waals surface area contributed by atoms with Crippen LogP contribution in [0.2, 0.25) is 0 Å². The van der Waals surface area contributed by atoms with Gasteiger partial charge in [0.1, 0.15) is 0 Å². The van der Waals surface area contributed by atoms with Gasteiger partial charge in [-0.15, -0.1) is 0 Å². The fourth-order valence-electron chi connectivity index (χ4n) is 10.3. The first-order chi connectivity index (χ1) is 43.3. The van der Waals surface area contributed by atoms with Crippen LogP contribution in [-0.4, -0.2) is 52.4 Å². The molecule has 0 saturated heterocycles. The molecule has 0 radical (unpaired) electrons. The van der Waals surface area contributed by atoms with Crippen molar-refractivity contribution < 1.29 is 0 Å². The van der Waals surface area contributed by atoms with E-state index in [-0.39, 0.29) is 0 Å². The molecule has 0 amide bonds. The third-order valence-corrected chi connectivity index (χ3v) is 15.8. The van der Waals surface area contributed by atoms with Crippen LogP contribution in [0.1, 0.15) is 225 Å². The zero-order valence-electron chi connectivity index (χ0n) is 54.3. The predicted molar refractivity (Wildman–Crippen MR) is 378 cm³/mol. The Hall–Kier alpha value is -9.00. The molecular formula is C84H92N4. The molecule has 0 unspecified atom stereocenters. The Labute approximate surface area is 532 Å². The van der Waals surface area contributed by atoms with E-state index in [9.17, 15) is 0 Å². The van der Waals surface area contributed by atoms with Gasteiger partial charge in [-0.25, -0.2) is 0 Å². The Morgan fingerprint density at radius 2 is 0.386 bits per heavy atom. The van der Waals surface area contributed by atoms with Crippen LogP contribution in [0.5, 0.6) is 0 Å². The first-order valence-electron chi connectivity index (χ1n) is 33.2. The molecule has 6 aromatic rings. The first kappa shape index (κ1) is 66.5. The van der Waals surface area contributed by atoms with E-state index < -0.39 is 0 Å². The highest BCUT2D eigenvalue weighted by molar-refractivity contribution is 5.67. The molecule has 4 bridgehead atoms. The van der Waals surface area contributed by atoms with Gasteiger partial charge in [0.25, 0.3) is 0 Å². The predicted octanol–water partition coefficient (Wildman–Crippen LogP) is 18.0. The Morgan fingerprint density at radius 3 is 0.557 bits per heavy atom. The normalized spacial score (nSPS) is 10.9. The average molecular weight is 1160 g/mol. The summed E-state index contributed by atoms with van der Waals surface area (Å²) in [4.78, 5) is 9.99. The van der Waals surface area contributed by atoms with Crippen LogP contribution >= 0.6 is 0 Å². The summed E-state index contributed by atoms with van der Waals surface area (Å²) < 4.78 is 0. The number of nitrogens with zero attached hydrogens (tertiary/aromatic N) is 4. The molecule has 0 spiro atoms. The third-order valence-electron chi connectivity index (χ3n) is 15.8. The topological polar surface area (TPSA) is 13.0 Å². The molecular weight excluding hydrogens is 1060 g/mol. The highest BCUT2D eigenvalue weighted by atomic mass is 15.1. The summed E-state index contributed by atoms with van der Waals surface area (Å²) in [5, 5.41) is 0. The average Bonchev–Trinajstić information content (AvgIpc) is 3.66. The van der Waals surface area contributed by atoms with E-state index >= 15 is 0 Å². The van der Waals surface area contributed by atoms with E-state index in [0.29, 0.717) is 0 Å². The quantitative estimate of drug-likeness (QED) is 0.0454. The van der Waals surface area contributed by atoms with Crippen LogP contribution in [0.25, 0.3) is 0 Å². The van der Waals surface area contributed by atoms with Crippen LogP contribution in [0.3, 0.4) is 0 Å². The number of anilines is 4. The SMILES string of the molecule is CCCCN(CCCC)c1ccc2c(c1)C#CC#Cc1cc(N(CCCC)CCCC)ccc1C#Cc1ccc(cc1)C#Cc1ccc(N(CCCC)CCCC)cc1C#CC#Cc1cc(N(CCCC)CCCC)ccc1C#Cc1ccc(cc1)C#C2. The second-order valence-electron chi connectivity index (χ2n) is 22.9. The molecule has 0 N–H and O–H groups in total. The van der Waals surface area contributed by atoms with Crippen LogP contribution in [0.15, 0.2) is 121 Å². The van der Waals surface area contributed by atoms with Crippen molar-refractivity contribution in [3.05, 3.63) is 188 Å². The molecule has 6 aromatic carbocycles. The molecule has 4 heteroatoms. The molecule has 0 fully saturated rings. The van der Waals surface area contributed by atoms with E-state index in [2.05, 4.69) is 291 Å². The number of rotatable bonds is 28. The minimum atomic E-state index is 0.859. The van der Waals surface area contributed by atoms with Gasteiger partial charge >= 0.3 is 0 Å². The zero-order chi connectivity index (χ0) is 62.0. The molecule has 0 atom stereocenters. The molecule has 448 valence electrons. The van der Waals surface area contributed by atoms with Crippen LogP contribution in [-0.2, 0) is 0 Å². The highest BCUT2D eigenvalue weighted by Gasteiger charge is 2.13. The lowest BCUT2D eigenvalue weighted by molar-refractivity contribution is 0.678. The number of unbranched alkanes of at least 4 members (excludes halogenated alkanes) is 8. The van der Waals surface area contributed by atoms with Crippen LogP contribution in [0.4, 0.5) is 22.7 Å². The Balaban J connectivity index is 1.39. The van der Waals surface area contributed by atoms with Crippen molar-refractivity contribution in [1.29, 1.82) is 0 Å². The molecule has 88 heavy (non-hydrogen) atoms. The maximum atomic E-state index is 3.51. The summed E-state index contributed by atoms with van der Waals surface area (Å²) in [6.45, 7) is 26.0. The smallest absolute Gasteiger partial charge is 0.0432 e. The van der Waals surface area contributed by atoms with Gasteiger partial charge in [-0.05, 0) is 196 Å². The molecule has 10 rings (SSSR count). The monoisotopic (exact) mass is 1160 g/mol. The van der Waals surface area contributed by atoms with Gasteiger partial charge in [0.05, 0.1) is 0 Å². The van der Waals surface area contributed by atoms with E-state index in [1.54, 1.807) is 0 Å². The van der Waals surface area contributed by atoms with Gasteiger partial charge in [-0.1, -0.05) is 178 Å². The van der Waals surface area contributed by atoms with Crippen molar-refractivity contribution in [2.24, 2.45) is 0 Å². The second-order valence-corrected chi connectivity index (χ2v) is 22.9. The maximum Gasteiger partial charge on any atom is 0.0432 e. The lowest BCUT2D eigenvalue weighted by Crippen LogP contribution is -2.25. The largest absolute Gasteiger partial charge is 0.372 e. The van der Waals surface area contributed by atoms with Gasteiger partial charge < -0.3 is 19.6 Å². The lowest BCUT2D eigenvalue weighted by atomic mass is 10.0. The Kier molecular flexibility index (Phi) is 28.4. The number of benzene rings is 6. The molecule has 4 aliphatic rings. The van der Waals surface area contributed by atoms with Crippen LogP contribution in [0, 0.1) is 94.7 Å². The molecule has 4 nitrogen and oxygen atoms in total. The van der Waals surface area contributed by atoms with Gasteiger partial charge in [-0.3, -0.25) is 0 Å². The molecule has 0 aliphatic heterocycles. The highest BCUT2D eigenvalue weighted by Crippen LogP contribution is 2.26. The molecule has 0 saturated carbocycles. The lowest BCUT2D eigenvalue weighted by Gasteiger charge is -2.25. The standard InChI is InChI=1S/C84H92N4/c1-9-17-57-85(58-18-10-2)81-53-49-73-45-41-69-33-35-70(36-34-69)43-47-75-51-55-83(87(61-21-13-5)62-22-14-6)67-79(75)31-27-28-32-80-68-84(88(63-23-15-7)64-24-16-8)56-52-76(80)48-44-72-39-37-71(38-40-72)42-46-74-50-54-82(86(59-19-11-3)60-20-12-4)66-78(74)30-26-25-29-77(73)65-81/h33-40,49-56,65-68H,9-24,57-64H2,1-8H3. The minimum absolute atomic E-state index is 0.859. The van der Waals surface area contributed by atoms with E-state index in [4.69, 9.17) is 0 Å². The first-order valence-corrected chi connectivity index (χ1v) is 33.2. The van der Waals surface area contributed by atoms with Gasteiger partial charge in [0, 0.05) is 142 Å². The Bertz CT molecular complexity index is 3230. The second kappa shape index (κ2) is 37.5. The third kappa shape index (κ3) is 21.2. The molecule has 4 aliphatic carbocycles. The van der Waals surface area contributed by atoms with E-state index in [0.717, 1.165) is 245 Å². The van der Waals surface area contributed by atoms with E-state index in [1.165, 1.54) is 0 Å². The number of hydrogen-bond donors (Lipinski definition) is 0. The summed E-state index contributed by atoms with van der Waals surface area (Å²) in [5.41, 5.74) is 15.1. The summed E-state index contributed by atoms with van der Waals surface area (Å²) in [5.74, 6) is 55.0. The number of hydrogen-bond acceptors (Lipinski definition) is 4. The van der Waals surface area contributed by atoms with Crippen molar-refractivity contribution in [1.82, 2.24) is 0 Å². The van der Waals surface area contributed by atoms with Crippen LogP contribution < -0.4 is 19.6 Å². The van der Waals surface area contributed by atoms with Crippen molar-refractivity contribution >= 4 is 22.7 Å². The minimum Gasteiger partial charge on any atom is -0.372 e. The van der Waals surface area contributed by atoms with Gasteiger partial charge in [0.2, 0.25) is 0 Å². The zero-order valence-corrected chi connectivity index (χ0v) is 54.3. The van der Waals surface area contributed by atoms with Crippen molar-refractivity contribution in [2.45, 2.75) is 158 Å². The summed E-state index contributed by atoms with van der Waals surface area (Å²) in [6, 6.07) is 42.6. The van der Waals surface area contributed by atoms with Crippen molar-refractivity contribution in [3.8, 4) is 94.7 Å². The fourth-order valence-corrected chi connectivity index (χ4v) is 10.3. The fraction of sp³-hybridized carbons (Fsp3) is 0.381. The molecule has 0 aromatic heterocycles. The Morgan fingerprint density at radius 1 is 0.205 bits per heavy atom. The summed E-state index contributed by atoms with van der Waals surface area (Å²) >= 11 is 0. The van der Waals surface area contributed by atoms with Gasteiger partial charge in [0.15, 0.2) is 0 Å². The summed E-state index contributed by atoms with van der Waals surface area (Å²) in [7, 11) is 0. The summed E-state index contributed by atoms with van der Waals surface area (Å²) in [6.07, 6.45) is 18.0. The maximum absolute atomic E-state index is 3.51. The molecule has 0 heterocycles. The van der Waals surface area contributed by atoms with Gasteiger partial charge in [-0.2, -0.15) is 0 Å².